The highest BCUT2D eigenvalue weighted by atomic mass is 31.2. The first-order chi connectivity index (χ1) is 15.6. The Labute approximate surface area is 195 Å². The van der Waals surface area contributed by atoms with Crippen LogP contribution in [0.4, 0.5) is 0 Å². The highest BCUT2D eigenvalue weighted by molar-refractivity contribution is 7.85. The highest BCUT2D eigenvalue weighted by Gasteiger charge is 2.29. The third kappa shape index (κ3) is 6.02. The zero-order valence-corrected chi connectivity index (χ0v) is 21.0. The van der Waals surface area contributed by atoms with Crippen molar-refractivity contribution in [3.8, 4) is 0 Å². The number of aryl methyl sites for hydroxylation is 3. The van der Waals surface area contributed by atoms with Gasteiger partial charge in [0.25, 0.3) is 0 Å². The number of rotatable bonds is 12. The Hall–Kier alpha value is -2.11. The van der Waals surface area contributed by atoms with Crippen molar-refractivity contribution in [2.45, 2.75) is 78.6 Å². The van der Waals surface area contributed by atoms with Crippen LogP contribution >= 0.6 is 7.14 Å². The smallest absolute Gasteiger partial charge is 0.171 e. The average molecular weight is 447 g/mol. The largest absolute Gasteiger partial charge is 0.309 e. The van der Waals surface area contributed by atoms with E-state index < -0.39 is 7.14 Å². The molecule has 0 fully saturated rings. The summed E-state index contributed by atoms with van der Waals surface area (Å²) in [6.07, 6.45) is 10.4. The molecule has 0 saturated carbocycles. The number of hydrogen-bond acceptors (Lipinski definition) is 1. The van der Waals surface area contributed by atoms with Crippen LogP contribution in [0.2, 0.25) is 0 Å². The quantitative estimate of drug-likeness (QED) is 0.266. The first-order valence-electron chi connectivity index (χ1n) is 12.5. The van der Waals surface area contributed by atoms with E-state index >= 15 is 0 Å². The lowest BCUT2D eigenvalue weighted by Gasteiger charge is -2.21. The van der Waals surface area contributed by atoms with E-state index in [2.05, 4.69) is 93.6 Å². The van der Waals surface area contributed by atoms with E-state index in [1.807, 2.05) is 0 Å². The minimum absolute atomic E-state index is 0.931. The number of hydrogen-bond donors (Lipinski definition) is 0. The van der Waals surface area contributed by atoms with E-state index in [1.54, 1.807) is 0 Å². The van der Waals surface area contributed by atoms with Gasteiger partial charge in [0, 0.05) is 15.9 Å². The predicted octanol–water partition coefficient (Wildman–Crippen LogP) is 7.35. The molecule has 3 rings (SSSR count). The van der Waals surface area contributed by atoms with Crippen LogP contribution in [0.1, 0.15) is 76.0 Å². The minimum atomic E-state index is -2.91. The van der Waals surface area contributed by atoms with E-state index in [9.17, 15) is 4.57 Å². The van der Waals surface area contributed by atoms with Crippen molar-refractivity contribution >= 4 is 23.1 Å². The third-order valence-corrected chi connectivity index (χ3v) is 9.43. The van der Waals surface area contributed by atoms with Gasteiger partial charge >= 0.3 is 0 Å². The summed E-state index contributed by atoms with van der Waals surface area (Å²) in [5, 5.41) is 2.79. The summed E-state index contributed by atoms with van der Waals surface area (Å²) < 4.78 is 14.8. The van der Waals surface area contributed by atoms with Crippen LogP contribution in [0.5, 0.6) is 0 Å². The average Bonchev–Trinajstić information content (AvgIpc) is 2.85. The monoisotopic (exact) mass is 446 g/mol. The van der Waals surface area contributed by atoms with Crippen molar-refractivity contribution < 1.29 is 4.57 Å². The van der Waals surface area contributed by atoms with Crippen molar-refractivity contribution in [3.63, 3.8) is 0 Å². The maximum Gasteiger partial charge on any atom is 0.171 e. The summed E-state index contributed by atoms with van der Waals surface area (Å²) in [5.74, 6) is 0. The lowest BCUT2D eigenvalue weighted by atomic mass is 10.1. The van der Waals surface area contributed by atoms with E-state index in [1.165, 1.54) is 55.2 Å². The van der Waals surface area contributed by atoms with Crippen LogP contribution in [0, 0.1) is 0 Å². The van der Waals surface area contributed by atoms with Crippen molar-refractivity contribution in [2.75, 3.05) is 0 Å². The molecule has 0 atom stereocenters. The van der Waals surface area contributed by atoms with Crippen molar-refractivity contribution in [1.82, 2.24) is 0 Å². The molecule has 3 aromatic rings. The van der Waals surface area contributed by atoms with Crippen LogP contribution < -0.4 is 15.9 Å². The fraction of sp³-hybridized carbons (Fsp3) is 0.400. The van der Waals surface area contributed by atoms with Gasteiger partial charge in [-0.3, -0.25) is 0 Å². The summed E-state index contributed by atoms with van der Waals surface area (Å²) in [6, 6.07) is 25.6. The maximum absolute atomic E-state index is 14.8. The molecule has 0 aliphatic rings. The van der Waals surface area contributed by atoms with Gasteiger partial charge in [0.15, 0.2) is 7.14 Å². The Kier molecular flexibility index (Phi) is 9.36. The Bertz CT molecular complexity index is 853. The molecule has 0 radical (unpaired) electrons. The molecule has 0 spiro atoms. The van der Waals surface area contributed by atoms with Crippen LogP contribution in [0.3, 0.4) is 0 Å². The summed E-state index contributed by atoms with van der Waals surface area (Å²) in [7, 11) is -2.91. The molecule has 0 aliphatic heterocycles. The third-order valence-electron chi connectivity index (χ3n) is 6.36. The van der Waals surface area contributed by atoms with Gasteiger partial charge in [-0.25, -0.2) is 0 Å². The predicted molar refractivity (Wildman–Crippen MR) is 142 cm³/mol. The summed E-state index contributed by atoms with van der Waals surface area (Å²) in [5.41, 5.74) is 3.98. The van der Waals surface area contributed by atoms with Gasteiger partial charge in [-0.15, -0.1) is 0 Å². The lowest BCUT2D eigenvalue weighted by Crippen LogP contribution is -2.25. The van der Waals surface area contributed by atoms with Gasteiger partial charge in [-0.1, -0.05) is 113 Å². The van der Waals surface area contributed by atoms with Crippen LogP contribution in [-0.4, -0.2) is 0 Å². The second-order valence-corrected chi connectivity index (χ2v) is 11.7. The minimum Gasteiger partial charge on any atom is -0.309 e. The normalized spacial score (nSPS) is 11.6. The van der Waals surface area contributed by atoms with Crippen molar-refractivity contribution in [1.29, 1.82) is 0 Å². The molecule has 1 nitrogen and oxygen atoms in total. The van der Waals surface area contributed by atoms with E-state index in [0.29, 0.717) is 0 Å². The Morgan fingerprint density at radius 3 is 0.938 bits per heavy atom. The highest BCUT2D eigenvalue weighted by Crippen LogP contribution is 2.42. The fourth-order valence-corrected chi connectivity index (χ4v) is 6.81. The fourth-order valence-electron chi connectivity index (χ4n) is 4.21. The maximum atomic E-state index is 14.8. The summed E-state index contributed by atoms with van der Waals surface area (Å²) in [6.45, 7) is 6.66. The van der Waals surface area contributed by atoms with Crippen LogP contribution in [-0.2, 0) is 23.8 Å². The summed E-state index contributed by atoms with van der Waals surface area (Å²) in [4.78, 5) is 0. The SMILES string of the molecule is CCCCc1ccc(P(=O)(c2ccc(CCCC)cc2)c2ccc(CCCC)cc2)cc1. The van der Waals surface area contributed by atoms with Gasteiger partial charge in [-0.2, -0.15) is 0 Å². The number of benzene rings is 3. The lowest BCUT2D eigenvalue weighted by molar-refractivity contribution is 0.592. The van der Waals surface area contributed by atoms with E-state index in [0.717, 1.165) is 35.2 Å². The topological polar surface area (TPSA) is 17.1 Å². The molecule has 0 saturated heterocycles. The van der Waals surface area contributed by atoms with E-state index in [4.69, 9.17) is 0 Å². The molecule has 2 heteroatoms. The number of unbranched alkanes of at least 4 members (excludes halogenated alkanes) is 3. The molecule has 0 bridgehead atoms. The molecule has 0 heterocycles. The molecule has 0 N–H and O–H groups in total. The second kappa shape index (κ2) is 12.2. The van der Waals surface area contributed by atoms with Crippen LogP contribution in [0.25, 0.3) is 0 Å². The molecule has 0 aromatic heterocycles. The molecule has 170 valence electrons. The van der Waals surface area contributed by atoms with Gasteiger partial charge in [0.1, 0.15) is 0 Å². The van der Waals surface area contributed by atoms with Gasteiger partial charge in [-0.05, 0) is 55.2 Å². The summed E-state index contributed by atoms with van der Waals surface area (Å²) >= 11 is 0. The van der Waals surface area contributed by atoms with Gasteiger partial charge < -0.3 is 4.57 Å². The standard InChI is InChI=1S/C30H39OP/c1-4-7-10-25-13-19-28(20-14-25)32(31,29-21-15-26(16-22-29)11-8-5-2)30-23-17-27(18-24-30)12-9-6-3/h13-24H,4-12H2,1-3H3. The molecule has 0 unspecified atom stereocenters. The van der Waals surface area contributed by atoms with Gasteiger partial charge in [0.2, 0.25) is 0 Å². The molecular formula is C30H39OP. The zero-order valence-electron chi connectivity index (χ0n) is 20.1. The van der Waals surface area contributed by atoms with Crippen molar-refractivity contribution in [2.24, 2.45) is 0 Å². The Balaban J connectivity index is 1.99. The molecule has 32 heavy (non-hydrogen) atoms. The zero-order chi connectivity index (χ0) is 22.8. The molecular weight excluding hydrogens is 407 g/mol. The first kappa shape index (κ1) is 24.5. The van der Waals surface area contributed by atoms with Crippen LogP contribution in [0.15, 0.2) is 72.8 Å². The first-order valence-corrected chi connectivity index (χ1v) is 14.2. The molecule has 0 amide bonds. The molecule has 3 aromatic carbocycles. The van der Waals surface area contributed by atoms with Gasteiger partial charge in [0.05, 0.1) is 0 Å². The Morgan fingerprint density at radius 1 is 0.469 bits per heavy atom. The molecule has 0 aliphatic carbocycles. The Morgan fingerprint density at radius 2 is 0.719 bits per heavy atom. The van der Waals surface area contributed by atoms with Crippen molar-refractivity contribution in [3.05, 3.63) is 89.5 Å². The second-order valence-electron chi connectivity index (χ2n) is 8.92. The van der Waals surface area contributed by atoms with E-state index in [-0.39, 0.29) is 0 Å².